The zero-order chi connectivity index (χ0) is 10.4. The molecule has 0 saturated heterocycles. The quantitative estimate of drug-likeness (QED) is 0.731. The van der Waals surface area contributed by atoms with Gasteiger partial charge in [-0.25, -0.2) is 0 Å². The molecule has 0 radical (unpaired) electrons. The highest BCUT2D eigenvalue weighted by atomic mass is 16.5. The molecule has 1 unspecified atom stereocenters. The van der Waals surface area contributed by atoms with Gasteiger partial charge in [0.25, 0.3) is 0 Å². The van der Waals surface area contributed by atoms with Gasteiger partial charge < -0.3 is 20.3 Å². The van der Waals surface area contributed by atoms with Crippen molar-refractivity contribution in [2.45, 2.75) is 6.10 Å². The molecule has 1 rings (SSSR count). The average Bonchev–Trinajstić information content (AvgIpc) is 2.22. The number of nitrogens with two attached hydrogens (primary N) is 1. The summed E-state index contributed by atoms with van der Waals surface area (Å²) in [7, 11) is 1.58. The molecule has 0 saturated carbocycles. The number of aromatic hydroxyl groups is 1. The molecular weight excluding hydrogens is 182 g/mol. The minimum atomic E-state index is -0.144. The van der Waals surface area contributed by atoms with Gasteiger partial charge >= 0.3 is 0 Å². The Labute approximate surface area is 83.3 Å². The molecule has 78 valence electrons. The Balaban J connectivity index is 2.49. The lowest BCUT2D eigenvalue weighted by atomic mass is 10.3. The van der Waals surface area contributed by atoms with E-state index in [4.69, 9.17) is 15.2 Å². The number of phenolic OH excluding ortho intramolecular Hbond substituents is 1. The summed E-state index contributed by atoms with van der Waals surface area (Å²) in [5, 5.41) is 9.37. The highest BCUT2D eigenvalue weighted by molar-refractivity contribution is 5.37. The number of benzene rings is 1. The van der Waals surface area contributed by atoms with Crippen molar-refractivity contribution in [3.05, 3.63) is 24.3 Å². The van der Waals surface area contributed by atoms with Crippen molar-refractivity contribution in [1.82, 2.24) is 0 Å². The van der Waals surface area contributed by atoms with Crippen LogP contribution in [-0.4, -0.2) is 31.5 Å². The van der Waals surface area contributed by atoms with Gasteiger partial charge in [0.05, 0.1) is 0 Å². The van der Waals surface area contributed by atoms with Crippen LogP contribution in [0.2, 0.25) is 0 Å². The number of methoxy groups -OCH3 is 1. The van der Waals surface area contributed by atoms with Crippen molar-refractivity contribution in [3.63, 3.8) is 0 Å². The van der Waals surface area contributed by atoms with Crippen LogP contribution in [0, 0.1) is 0 Å². The van der Waals surface area contributed by atoms with Gasteiger partial charge in [0.1, 0.15) is 12.7 Å². The summed E-state index contributed by atoms with van der Waals surface area (Å²) in [6, 6.07) is 6.79. The first-order valence-corrected chi connectivity index (χ1v) is 4.41. The van der Waals surface area contributed by atoms with E-state index in [0.717, 1.165) is 0 Å². The summed E-state index contributed by atoms with van der Waals surface area (Å²) in [6.07, 6.45) is -0.144. The molecule has 0 heterocycles. The van der Waals surface area contributed by atoms with E-state index in [-0.39, 0.29) is 11.9 Å². The smallest absolute Gasteiger partial charge is 0.161 e. The molecule has 0 aliphatic heterocycles. The van der Waals surface area contributed by atoms with Crippen molar-refractivity contribution < 1.29 is 14.6 Å². The molecule has 1 atom stereocenters. The van der Waals surface area contributed by atoms with Crippen LogP contribution in [0.15, 0.2) is 24.3 Å². The zero-order valence-electron chi connectivity index (χ0n) is 8.14. The summed E-state index contributed by atoms with van der Waals surface area (Å²) in [5.74, 6) is 0.572. The monoisotopic (exact) mass is 197 g/mol. The van der Waals surface area contributed by atoms with Crippen molar-refractivity contribution >= 4 is 0 Å². The van der Waals surface area contributed by atoms with Gasteiger partial charge in [0.2, 0.25) is 0 Å². The van der Waals surface area contributed by atoms with Crippen LogP contribution in [0.25, 0.3) is 0 Å². The fourth-order valence-electron chi connectivity index (χ4n) is 0.994. The van der Waals surface area contributed by atoms with Gasteiger partial charge in [0, 0.05) is 13.7 Å². The third-order valence-electron chi connectivity index (χ3n) is 1.89. The first-order valence-electron chi connectivity index (χ1n) is 4.41. The van der Waals surface area contributed by atoms with Crippen LogP contribution >= 0.6 is 0 Å². The Morgan fingerprint density at radius 2 is 2.14 bits per heavy atom. The molecule has 0 aliphatic rings. The van der Waals surface area contributed by atoms with Crippen LogP contribution in [0.3, 0.4) is 0 Å². The SMILES string of the molecule is COC(CN)COc1ccccc1O. The molecule has 0 bridgehead atoms. The van der Waals surface area contributed by atoms with Crippen LogP contribution in [0.5, 0.6) is 11.5 Å². The van der Waals surface area contributed by atoms with E-state index in [1.807, 2.05) is 0 Å². The fraction of sp³-hybridized carbons (Fsp3) is 0.400. The molecule has 4 nitrogen and oxygen atoms in total. The number of rotatable bonds is 5. The van der Waals surface area contributed by atoms with Crippen molar-refractivity contribution in [3.8, 4) is 11.5 Å². The Hall–Kier alpha value is -1.26. The van der Waals surface area contributed by atoms with E-state index in [1.165, 1.54) is 0 Å². The van der Waals surface area contributed by atoms with E-state index >= 15 is 0 Å². The molecule has 1 aromatic carbocycles. The lowest BCUT2D eigenvalue weighted by Gasteiger charge is -2.14. The van der Waals surface area contributed by atoms with E-state index in [9.17, 15) is 5.11 Å². The summed E-state index contributed by atoms with van der Waals surface area (Å²) >= 11 is 0. The number of hydrogen-bond acceptors (Lipinski definition) is 4. The molecule has 0 fully saturated rings. The van der Waals surface area contributed by atoms with E-state index in [0.29, 0.717) is 18.9 Å². The zero-order valence-corrected chi connectivity index (χ0v) is 8.14. The molecular formula is C10H15NO3. The second-order valence-electron chi connectivity index (χ2n) is 2.87. The maximum atomic E-state index is 9.37. The van der Waals surface area contributed by atoms with Gasteiger partial charge in [0.15, 0.2) is 11.5 Å². The third-order valence-corrected chi connectivity index (χ3v) is 1.89. The fourth-order valence-corrected chi connectivity index (χ4v) is 0.994. The van der Waals surface area contributed by atoms with Crippen molar-refractivity contribution in [2.24, 2.45) is 5.73 Å². The predicted molar refractivity (Wildman–Crippen MR) is 53.5 cm³/mol. The first kappa shape index (κ1) is 10.8. The molecule has 0 aromatic heterocycles. The summed E-state index contributed by atoms with van der Waals surface area (Å²) in [6.45, 7) is 0.731. The number of hydrogen-bond donors (Lipinski definition) is 2. The van der Waals surface area contributed by atoms with Gasteiger partial charge in [-0.3, -0.25) is 0 Å². The van der Waals surface area contributed by atoms with Crippen LogP contribution in [0.1, 0.15) is 0 Å². The summed E-state index contributed by atoms with van der Waals surface area (Å²) in [4.78, 5) is 0. The molecule has 4 heteroatoms. The molecule has 0 aliphatic carbocycles. The largest absolute Gasteiger partial charge is 0.504 e. The Bertz CT molecular complexity index is 274. The van der Waals surface area contributed by atoms with Gasteiger partial charge in [-0.2, -0.15) is 0 Å². The topological polar surface area (TPSA) is 64.7 Å². The molecule has 0 spiro atoms. The van der Waals surface area contributed by atoms with Gasteiger partial charge in [-0.15, -0.1) is 0 Å². The Morgan fingerprint density at radius 1 is 1.43 bits per heavy atom. The first-order chi connectivity index (χ1) is 6.77. The lowest BCUT2D eigenvalue weighted by Crippen LogP contribution is -2.28. The Morgan fingerprint density at radius 3 is 2.71 bits per heavy atom. The van der Waals surface area contributed by atoms with Crippen LogP contribution in [-0.2, 0) is 4.74 Å². The minimum Gasteiger partial charge on any atom is -0.504 e. The molecule has 14 heavy (non-hydrogen) atoms. The van der Waals surface area contributed by atoms with Crippen LogP contribution < -0.4 is 10.5 Å². The highest BCUT2D eigenvalue weighted by Crippen LogP contribution is 2.24. The van der Waals surface area contributed by atoms with Gasteiger partial charge in [-0.1, -0.05) is 12.1 Å². The lowest BCUT2D eigenvalue weighted by molar-refractivity contribution is 0.0634. The number of ether oxygens (including phenoxy) is 2. The van der Waals surface area contributed by atoms with Crippen molar-refractivity contribution in [2.75, 3.05) is 20.3 Å². The van der Waals surface area contributed by atoms with E-state index < -0.39 is 0 Å². The number of phenols is 1. The maximum absolute atomic E-state index is 9.37. The van der Waals surface area contributed by atoms with Crippen LogP contribution in [0.4, 0.5) is 0 Å². The van der Waals surface area contributed by atoms with Crippen molar-refractivity contribution in [1.29, 1.82) is 0 Å². The standard InChI is InChI=1S/C10H15NO3/c1-13-8(6-11)7-14-10-5-3-2-4-9(10)12/h2-5,8,12H,6-7,11H2,1H3. The molecule has 0 amide bonds. The molecule has 1 aromatic rings. The Kier molecular flexibility index (Phi) is 4.22. The average molecular weight is 197 g/mol. The summed E-state index contributed by atoms with van der Waals surface area (Å²) in [5.41, 5.74) is 5.42. The van der Waals surface area contributed by atoms with Gasteiger partial charge in [-0.05, 0) is 12.1 Å². The van der Waals surface area contributed by atoms with E-state index in [1.54, 1.807) is 31.4 Å². The maximum Gasteiger partial charge on any atom is 0.161 e. The second kappa shape index (κ2) is 5.47. The van der Waals surface area contributed by atoms with E-state index in [2.05, 4.69) is 0 Å². The molecule has 3 N–H and O–H groups in total. The predicted octanol–water partition coefficient (Wildman–Crippen LogP) is 0.745. The second-order valence-corrected chi connectivity index (χ2v) is 2.87. The minimum absolute atomic E-state index is 0.124. The summed E-state index contributed by atoms with van der Waals surface area (Å²) < 4.78 is 10.4. The third kappa shape index (κ3) is 2.90. The number of para-hydroxylation sites is 2. The normalized spacial score (nSPS) is 12.4. The highest BCUT2D eigenvalue weighted by Gasteiger charge is 2.07.